The van der Waals surface area contributed by atoms with Gasteiger partial charge in [-0.1, -0.05) is 30.3 Å². The maximum absolute atomic E-state index is 13.3. The average Bonchev–Trinajstić information content (AvgIpc) is 2.79. The van der Waals surface area contributed by atoms with Crippen molar-refractivity contribution in [1.29, 1.82) is 0 Å². The Morgan fingerprint density at radius 3 is 1.55 bits per heavy atom. The van der Waals surface area contributed by atoms with E-state index in [1.807, 2.05) is 30.3 Å². The van der Waals surface area contributed by atoms with Crippen LogP contribution >= 0.6 is 10.3 Å². The molecule has 4 rings (SSSR count). The topological polar surface area (TPSA) is 87.0 Å². The molecular formula is C25H20O5S. The van der Waals surface area contributed by atoms with Crippen LogP contribution in [-0.2, 0) is 4.18 Å². The largest absolute Gasteiger partial charge is 0.508 e. The molecule has 0 aliphatic heterocycles. The second-order valence-corrected chi connectivity index (χ2v) is 9.44. The fraction of sp³-hybridized carbons (Fsp3) is 0. The zero-order valence-corrected chi connectivity index (χ0v) is 17.2. The molecule has 0 aliphatic carbocycles. The first-order valence-electron chi connectivity index (χ1n) is 9.49. The van der Waals surface area contributed by atoms with Crippen molar-refractivity contribution in [1.82, 2.24) is 0 Å². The van der Waals surface area contributed by atoms with E-state index in [4.69, 9.17) is 4.18 Å². The summed E-state index contributed by atoms with van der Waals surface area (Å²) in [7, 11) is -2.61. The fourth-order valence-electron chi connectivity index (χ4n) is 3.24. The number of rotatable bonds is 5. The van der Waals surface area contributed by atoms with Gasteiger partial charge in [0.1, 0.15) is 22.8 Å². The molecule has 31 heavy (non-hydrogen) atoms. The number of hydrogen-bond acceptors (Lipinski definition) is 5. The van der Waals surface area contributed by atoms with E-state index in [0.717, 1.165) is 4.90 Å². The second kappa shape index (κ2) is 8.45. The van der Waals surface area contributed by atoms with Crippen molar-refractivity contribution in [2.75, 3.05) is 0 Å². The molecule has 0 heterocycles. The molecule has 0 radical (unpaired) electrons. The van der Waals surface area contributed by atoms with Gasteiger partial charge < -0.3 is 19.5 Å². The van der Waals surface area contributed by atoms with Gasteiger partial charge in [0, 0.05) is 14.7 Å². The van der Waals surface area contributed by atoms with Crippen LogP contribution in [0.4, 0.5) is 0 Å². The Labute approximate surface area is 181 Å². The summed E-state index contributed by atoms with van der Waals surface area (Å²) in [6, 6.07) is 28.5. The lowest BCUT2D eigenvalue weighted by atomic mass is 10.2. The number of para-hydroxylation sites is 1. The molecule has 3 N–H and O–H groups in total. The van der Waals surface area contributed by atoms with E-state index in [0.29, 0.717) is 9.79 Å². The SMILES string of the molecule is O=C(OS(c1ccccc1)(c1ccc(O)cc1)c1ccc(O)cc1)c1ccccc1O. The Kier molecular flexibility index (Phi) is 5.56. The Hall–Kier alpha value is -3.90. The summed E-state index contributed by atoms with van der Waals surface area (Å²) in [6.45, 7) is 0. The average molecular weight is 432 g/mol. The number of phenols is 3. The molecule has 0 aliphatic rings. The van der Waals surface area contributed by atoms with E-state index in [9.17, 15) is 20.1 Å². The molecule has 0 atom stereocenters. The van der Waals surface area contributed by atoms with Crippen molar-refractivity contribution in [3.8, 4) is 17.2 Å². The molecule has 0 amide bonds. The Morgan fingerprint density at radius 1 is 0.581 bits per heavy atom. The maximum atomic E-state index is 13.3. The molecule has 4 aromatic carbocycles. The lowest BCUT2D eigenvalue weighted by Gasteiger charge is -2.39. The summed E-state index contributed by atoms with van der Waals surface area (Å²) in [6.07, 6.45) is 0. The molecule has 0 saturated carbocycles. The van der Waals surface area contributed by atoms with E-state index in [1.54, 1.807) is 36.4 Å². The van der Waals surface area contributed by atoms with Gasteiger partial charge in [-0.15, -0.1) is 0 Å². The summed E-state index contributed by atoms with van der Waals surface area (Å²) in [5, 5.41) is 29.9. The van der Waals surface area contributed by atoms with Gasteiger partial charge in [-0.3, -0.25) is 0 Å². The molecule has 6 heteroatoms. The van der Waals surface area contributed by atoms with Crippen LogP contribution < -0.4 is 0 Å². The van der Waals surface area contributed by atoms with Crippen LogP contribution in [0.3, 0.4) is 0 Å². The van der Waals surface area contributed by atoms with Crippen LogP contribution in [0.15, 0.2) is 118 Å². The lowest BCUT2D eigenvalue weighted by Crippen LogP contribution is -2.14. The lowest BCUT2D eigenvalue weighted by molar-refractivity contribution is 0.0754. The van der Waals surface area contributed by atoms with E-state index in [2.05, 4.69) is 0 Å². The van der Waals surface area contributed by atoms with Gasteiger partial charge in [-0.25, -0.2) is 4.79 Å². The van der Waals surface area contributed by atoms with Gasteiger partial charge in [0.05, 0.1) is 0 Å². The third kappa shape index (κ3) is 3.93. The summed E-state index contributed by atoms with van der Waals surface area (Å²) >= 11 is 0. The van der Waals surface area contributed by atoms with Crippen LogP contribution in [0.25, 0.3) is 0 Å². The predicted octanol–water partition coefficient (Wildman–Crippen LogP) is 5.86. The summed E-state index contributed by atoms with van der Waals surface area (Å²) in [5.74, 6) is -0.686. The quantitative estimate of drug-likeness (QED) is 0.368. The molecule has 4 aromatic rings. The fourth-order valence-corrected chi connectivity index (χ4v) is 6.25. The smallest absolute Gasteiger partial charge is 0.353 e. The zero-order valence-electron chi connectivity index (χ0n) is 16.4. The number of carbonyl (C=O) groups is 1. The molecule has 156 valence electrons. The van der Waals surface area contributed by atoms with Crippen molar-refractivity contribution < 1.29 is 24.3 Å². The highest BCUT2D eigenvalue weighted by Crippen LogP contribution is 2.69. The van der Waals surface area contributed by atoms with Crippen molar-refractivity contribution in [3.05, 3.63) is 109 Å². The van der Waals surface area contributed by atoms with Gasteiger partial charge in [-0.2, -0.15) is 0 Å². The molecule has 0 fully saturated rings. The normalized spacial score (nSPS) is 11.6. The number of phenolic OH excluding ortho intramolecular Hbond substituents is 3. The van der Waals surface area contributed by atoms with E-state index in [-0.39, 0.29) is 22.8 Å². The first-order chi connectivity index (χ1) is 15.0. The highest BCUT2D eigenvalue weighted by atomic mass is 32.3. The monoisotopic (exact) mass is 432 g/mol. The summed E-state index contributed by atoms with van der Waals surface area (Å²) < 4.78 is 6.26. The van der Waals surface area contributed by atoms with Crippen molar-refractivity contribution in [2.24, 2.45) is 0 Å². The third-order valence-electron chi connectivity index (χ3n) is 4.74. The van der Waals surface area contributed by atoms with Gasteiger partial charge in [0.2, 0.25) is 0 Å². The third-order valence-corrected chi connectivity index (χ3v) is 7.95. The summed E-state index contributed by atoms with van der Waals surface area (Å²) in [4.78, 5) is 15.4. The number of hydrogen-bond donors (Lipinski definition) is 3. The minimum atomic E-state index is -2.61. The maximum Gasteiger partial charge on any atom is 0.353 e. The standard InChI is InChI=1S/C25H20O5S/c26-18-10-14-21(15-11-18)31(20-6-2-1-3-7-20,22-16-12-19(27)13-17-22)30-25(29)23-8-4-5-9-24(23)28/h1-17,26-28H. The van der Waals surface area contributed by atoms with Gasteiger partial charge in [0.25, 0.3) is 0 Å². The Balaban J connectivity index is 1.97. The second-order valence-electron chi connectivity index (χ2n) is 6.74. The van der Waals surface area contributed by atoms with Crippen molar-refractivity contribution in [3.63, 3.8) is 0 Å². The highest BCUT2D eigenvalue weighted by Gasteiger charge is 2.36. The molecule has 0 saturated heterocycles. The Bertz CT molecular complexity index is 1140. The first kappa shape index (κ1) is 20.4. The molecular weight excluding hydrogens is 412 g/mol. The molecule has 0 spiro atoms. The van der Waals surface area contributed by atoms with Gasteiger partial charge in [0.15, 0.2) is 0 Å². The van der Waals surface area contributed by atoms with Crippen LogP contribution in [0.1, 0.15) is 10.4 Å². The number of aromatic hydroxyl groups is 3. The first-order valence-corrected chi connectivity index (χ1v) is 11.0. The molecule has 5 nitrogen and oxygen atoms in total. The Morgan fingerprint density at radius 2 is 1.03 bits per heavy atom. The highest BCUT2D eigenvalue weighted by molar-refractivity contribution is 8.30. The van der Waals surface area contributed by atoms with E-state index >= 15 is 0 Å². The van der Waals surface area contributed by atoms with Crippen LogP contribution in [0.5, 0.6) is 17.2 Å². The van der Waals surface area contributed by atoms with Crippen LogP contribution in [0.2, 0.25) is 0 Å². The number of benzene rings is 4. The van der Waals surface area contributed by atoms with Gasteiger partial charge >= 0.3 is 5.97 Å². The zero-order chi connectivity index (χ0) is 21.8. The predicted molar refractivity (Wildman–Crippen MR) is 119 cm³/mol. The molecule has 0 unspecified atom stereocenters. The van der Waals surface area contributed by atoms with E-state index in [1.165, 1.54) is 36.4 Å². The van der Waals surface area contributed by atoms with Gasteiger partial charge in [-0.05, 0) is 83.1 Å². The van der Waals surface area contributed by atoms with Crippen molar-refractivity contribution >= 4 is 16.3 Å². The molecule has 0 bridgehead atoms. The minimum Gasteiger partial charge on any atom is -0.508 e. The summed E-state index contributed by atoms with van der Waals surface area (Å²) in [5.41, 5.74) is 0.0489. The van der Waals surface area contributed by atoms with Crippen molar-refractivity contribution in [2.45, 2.75) is 14.7 Å². The minimum absolute atomic E-state index is 0.0489. The number of carbonyl (C=O) groups excluding carboxylic acids is 1. The van der Waals surface area contributed by atoms with Crippen LogP contribution in [-0.4, -0.2) is 21.3 Å². The van der Waals surface area contributed by atoms with E-state index < -0.39 is 16.3 Å². The van der Waals surface area contributed by atoms with Crippen LogP contribution in [0, 0.1) is 0 Å². The molecule has 0 aromatic heterocycles.